The van der Waals surface area contributed by atoms with Crippen LogP contribution in [0.2, 0.25) is 5.15 Å². The molecule has 0 spiro atoms. The van der Waals surface area contributed by atoms with Crippen LogP contribution in [0.25, 0.3) is 0 Å². The fourth-order valence-electron chi connectivity index (χ4n) is 0.825. The minimum absolute atomic E-state index is 0.0432. The molecule has 0 saturated heterocycles. The summed E-state index contributed by atoms with van der Waals surface area (Å²) in [6.07, 6.45) is 0. The fourth-order valence-corrected chi connectivity index (χ4v) is 2.17. The Labute approximate surface area is 87.5 Å². The average Bonchev–Trinajstić information content (AvgIpc) is 2.02. The van der Waals surface area contributed by atoms with Gasteiger partial charge < -0.3 is 5.73 Å². The van der Waals surface area contributed by atoms with Crippen molar-refractivity contribution in [2.24, 2.45) is 0 Å². The number of aromatic nitrogens is 1. The number of rotatable bonds is 2. The van der Waals surface area contributed by atoms with Gasteiger partial charge in [-0.3, -0.25) is 0 Å². The summed E-state index contributed by atoms with van der Waals surface area (Å²) >= 11 is 5.66. The van der Waals surface area contributed by atoms with Crippen molar-refractivity contribution in [2.75, 3.05) is 19.8 Å². The first-order chi connectivity index (χ1) is 6.35. The molecule has 0 atom stereocenters. The Hall–Kier alpha value is -0.850. The third-order valence-corrected chi connectivity index (χ3v) is 3.84. The molecule has 14 heavy (non-hydrogen) atoms. The van der Waals surface area contributed by atoms with Gasteiger partial charge in [0.1, 0.15) is 10.7 Å². The molecule has 0 aliphatic heterocycles. The Morgan fingerprint density at radius 1 is 1.43 bits per heavy atom. The molecule has 0 aliphatic rings. The largest absolute Gasteiger partial charge is 0.384 e. The van der Waals surface area contributed by atoms with Gasteiger partial charge >= 0.3 is 0 Å². The highest BCUT2D eigenvalue weighted by Gasteiger charge is 2.21. The molecular formula is C7H10ClN3O2S. The van der Waals surface area contributed by atoms with Gasteiger partial charge in [-0.25, -0.2) is 17.7 Å². The van der Waals surface area contributed by atoms with E-state index >= 15 is 0 Å². The van der Waals surface area contributed by atoms with Crippen LogP contribution in [-0.4, -0.2) is 31.8 Å². The summed E-state index contributed by atoms with van der Waals surface area (Å²) in [5, 5.41) is -0.112. The van der Waals surface area contributed by atoms with E-state index in [2.05, 4.69) is 4.98 Å². The molecule has 0 fully saturated rings. The lowest BCUT2D eigenvalue weighted by molar-refractivity contribution is 0.520. The number of pyridine rings is 1. The lowest BCUT2D eigenvalue weighted by Gasteiger charge is -2.11. The van der Waals surface area contributed by atoms with E-state index in [4.69, 9.17) is 17.3 Å². The highest BCUT2D eigenvalue weighted by Crippen LogP contribution is 2.22. The molecule has 1 aromatic rings. The molecule has 0 amide bonds. The van der Waals surface area contributed by atoms with Crippen molar-refractivity contribution >= 4 is 27.4 Å². The number of nitrogens with zero attached hydrogens (tertiary/aromatic N) is 2. The van der Waals surface area contributed by atoms with Gasteiger partial charge in [0, 0.05) is 14.1 Å². The van der Waals surface area contributed by atoms with E-state index < -0.39 is 10.0 Å². The van der Waals surface area contributed by atoms with Crippen molar-refractivity contribution in [1.82, 2.24) is 9.29 Å². The molecule has 0 aliphatic carbocycles. The summed E-state index contributed by atoms with van der Waals surface area (Å²) in [4.78, 5) is 3.62. The van der Waals surface area contributed by atoms with Crippen LogP contribution in [0.5, 0.6) is 0 Å². The molecule has 1 rings (SSSR count). The van der Waals surface area contributed by atoms with Crippen molar-refractivity contribution < 1.29 is 8.42 Å². The van der Waals surface area contributed by atoms with Gasteiger partial charge in [0.15, 0.2) is 5.15 Å². The minimum atomic E-state index is -3.54. The molecule has 78 valence electrons. The zero-order valence-electron chi connectivity index (χ0n) is 7.73. The Balaban J connectivity index is 3.35. The second kappa shape index (κ2) is 3.72. The molecule has 0 aromatic carbocycles. The number of halogens is 1. The van der Waals surface area contributed by atoms with Gasteiger partial charge in [0.2, 0.25) is 10.0 Å². The highest BCUT2D eigenvalue weighted by atomic mass is 35.5. The van der Waals surface area contributed by atoms with Crippen molar-refractivity contribution in [2.45, 2.75) is 4.90 Å². The van der Waals surface area contributed by atoms with Gasteiger partial charge in [-0.05, 0) is 12.1 Å². The molecule has 0 unspecified atom stereocenters. The second-order valence-corrected chi connectivity index (χ2v) is 5.29. The number of hydrogen-bond acceptors (Lipinski definition) is 4. The topological polar surface area (TPSA) is 76.3 Å². The van der Waals surface area contributed by atoms with Crippen molar-refractivity contribution in [1.29, 1.82) is 0 Å². The van der Waals surface area contributed by atoms with E-state index in [0.29, 0.717) is 0 Å². The maximum absolute atomic E-state index is 11.6. The third kappa shape index (κ3) is 1.97. The predicted molar refractivity (Wildman–Crippen MR) is 54.5 cm³/mol. The van der Waals surface area contributed by atoms with Crippen molar-refractivity contribution in [3.05, 3.63) is 17.3 Å². The van der Waals surface area contributed by atoms with Crippen LogP contribution in [0.15, 0.2) is 17.0 Å². The molecule has 0 radical (unpaired) electrons. The van der Waals surface area contributed by atoms with Crippen LogP contribution in [0.1, 0.15) is 0 Å². The van der Waals surface area contributed by atoms with Crippen LogP contribution >= 0.6 is 11.6 Å². The Morgan fingerprint density at radius 3 is 2.43 bits per heavy atom. The summed E-state index contributed by atoms with van der Waals surface area (Å²) < 4.78 is 24.3. The lowest BCUT2D eigenvalue weighted by Crippen LogP contribution is -2.22. The molecule has 5 nitrogen and oxygen atoms in total. The zero-order valence-corrected chi connectivity index (χ0v) is 9.30. The summed E-state index contributed by atoms with van der Waals surface area (Å²) in [5.41, 5.74) is 5.34. The molecule has 0 saturated carbocycles. The summed E-state index contributed by atoms with van der Waals surface area (Å²) in [5.74, 6) is 0.188. The molecule has 2 N–H and O–H groups in total. The van der Waals surface area contributed by atoms with E-state index in [0.717, 1.165) is 4.31 Å². The quantitative estimate of drug-likeness (QED) is 0.761. The average molecular weight is 236 g/mol. The maximum atomic E-state index is 11.6. The molecule has 7 heteroatoms. The lowest BCUT2D eigenvalue weighted by atomic mass is 10.5. The second-order valence-electron chi connectivity index (χ2n) is 2.81. The van der Waals surface area contributed by atoms with E-state index in [1.54, 1.807) is 0 Å². The minimum Gasteiger partial charge on any atom is -0.384 e. The SMILES string of the molecule is CN(C)S(=O)(=O)c1ccc(N)nc1Cl. The number of nitrogen functional groups attached to an aromatic ring is 1. The van der Waals surface area contributed by atoms with Crippen molar-refractivity contribution in [3.8, 4) is 0 Å². The molecule has 1 heterocycles. The highest BCUT2D eigenvalue weighted by molar-refractivity contribution is 7.89. The van der Waals surface area contributed by atoms with E-state index in [-0.39, 0.29) is 15.9 Å². The number of hydrogen-bond donors (Lipinski definition) is 1. The molecule has 0 bridgehead atoms. The van der Waals surface area contributed by atoms with Crippen molar-refractivity contribution in [3.63, 3.8) is 0 Å². The Bertz CT molecular complexity index is 444. The zero-order chi connectivity index (χ0) is 10.9. The maximum Gasteiger partial charge on any atom is 0.245 e. The van der Waals surface area contributed by atoms with Gasteiger partial charge in [-0.1, -0.05) is 11.6 Å². The van der Waals surface area contributed by atoms with E-state index in [9.17, 15) is 8.42 Å². The van der Waals surface area contributed by atoms with Crippen LogP contribution in [0.3, 0.4) is 0 Å². The van der Waals surface area contributed by atoms with Gasteiger partial charge in [-0.15, -0.1) is 0 Å². The summed E-state index contributed by atoms with van der Waals surface area (Å²) in [7, 11) is -0.704. The van der Waals surface area contributed by atoms with Gasteiger partial charge in [-0.2, -0.15) is 0 Å². The molecule has 1 aromatic heterocycles. The first-order valence-electron chi connectivity index (χ1n) is 3.70. The van der Waals surface area contributed by atoms with Crippen LogP contribution in [0, 0.1) is 0 Å². The normalized spacial score (nSPS) is 12.0. The van der Waals surface area contributed by atoms with Gasteiger partial charge in [0.05, 0.1) is 0 Å². The van der Waals surface area contributed by atoms with E-state index in [1.165, 1.54) is 26.2 Å². The monoisotopic (exact) mass is 235 g/mol. The number of anilines is 1. The predicted octanol–water partition coefficient (Wildman–Crippen LogP) is 0.568. The summed E-state index contributed by atoms with van der Waals surface area (Å²) in [6.45, 7) is 0. The van der Waals surface area contributed by atoms with Gasteiger partial charge in [0.25, 0.3) is 0 Å². The fraction of sp³-hybridized carbons (Fsp3) is 0.286. The standard InChI is InChI=1S/C7H10ClN3O2S/c1-11(2)14(12,13)5-3-4-6(9)10-7(5)8/h3-4H,1-2H3,(H2,9,10). The van der Waals surface area contributed by atoms with Crippen LogP contribution in [-0.2, 0) is 10.0 Å². The Kier molecular flexibility index (Phi) is 2.98. The molecular weight excluding hydrogens is 226 g/mol. The van der Waals surface area contributed by atoms with Crippen LogP contribution in [0.4, 0.5) is 5.82 Å². The Morgan fingerprint density at radius 2 is 2.00 bits per heavy atom. The first kappa shape index (κ1) is 11.2. The van der Waals surface area contributed by atoms with Crippen LogP contribution < -0.4 is 5.73 Å². The number of sulfonamides is 1. The number of nitrogens with two attached hydrogens (primary N) is 1. The first-order valence-corrected chi connectivity index (χ1v) is 5.52. The van der Waals surface area contributed by atoms with E-state index in [1.807, 2.05) is 0 Å². The third-order valence-electron chi connectivity index (χ3n) is 1.59. The summed E-state index contributed by atoms with van der Waals surface area (Å²) in [6, 6.07) is 2.72. The smallest absolute Gasteiger partial charge is 0.245 e.